The Kier molecular flexibility index (Phi) is 4.54. The Labute approximate surface area is 134 Å². The van der Waals surface area contributed by atoms with E-state index in [0.717, 1.165) is 17.8 Å². The molecular formula is C12H13BrFN3O2S2. The van der Waals surface area contributed by atoms with Crippen LogP contribution in [0.15, 0.2) is 26.9 Å². The van der Waals surface area contributed by atoms with Crippen molar-refractivity contribution in [2.45, 2.75) is 24.7 Å². The maximum atomic E-state index is 13.3. The van der Waals surface area contributed by atoms with Crippen molar-refractivity contribution < 1.29 is 12.8 Å². The minimum absolute atomic E-state index is 0.0994. The Morgan fingerprint density at radius 1 is 1.43 bits per heavy atom. The number of nitrogens with one attached hydrogen (secondary N) is 1. The summed E-state index contributed by atoms with van der Waals surface area (Å²) in [5.74, 6) is -0.482. The maximum absolute atomic E-state index is 13.3. The van der Waals surface area contributed by atoms with E-state index >= 15 is 0 Å². The topological polar surface area (TPSA) is 85.1 Å². The first-order valence-electron chi connectivity index (χ1n) is 5.93. The monoisotopic (exact) mass is 393 g/mol. The molecule has 0 aliphatic heterocycles. The number of hydrogen-bond acceptors (Lipinski definition) is 5. The van der Waals surface area contributed by atoms with Crippen LogP contribution in [-0.2, 0) is 10.0 Å². The van der Waals surface area contributed by atoms with Crippen LogP contribution in [-0.4, -0.2) is 13.4 Å². The third-order valence-electron chi connectivity index (χ3n) is 2.68. The molecule has 21 heavy (non-hydrogen) atoms. The number of halogens is 2. The van der Waals surface area contributed by atoms with Crippen molar-refractivity contribution in [3.8, 4) is 0 Å². The number of nitrogens with two attached hydrogens (primary N) is 1. The fourth-order valence-electron chi connectivity index (χ4n) is 1.52. The second-order valence-corrected chi connectivity index (χ2v) is 8.01. The van der Waals surface area contributed by atoms with Crippen molar-refractivity contribution in [3.63, 3.8) is 0 Å². The maximum Gasteiger partial charge on any atom is 0.264 e. The predicted molar refractivity (Wildman–Crippen MR) is 85.5 cm³/mol. The average molecular weight is 394 g/mol. The molecule has 2 aromatic rings. The molecule has 0 saturated carbocycles. The molecule has 2 rings (SSSR count). The first-order valence-corrected chi connectivity index (χ1v) is 9.09. The van der Waals surface area contributed by atoms with Gasteiger partial charge in [-0.05, 0) is 34.0 Å². The zero-order chi connectivity index (χ0) is 15.8. The lowest BCUT2D eigenvalue weighted by Gasteiger charge is -2.09. The zero-order valence-corrected chi connectivity index (χ0v) is 14.4. The van der Waals surface area contributed by atoms with Gasteiger partial charge in [-0.25, -0.2) is 17.8 Å². The van der Waals surface area contributed by atoms with E-state index in [9.17, 15) is 12.8 Å². The molecule has 0 saturated heterocycles. The van der Waals surface area contributed by atoms with Crippen LogP contribution in [0.3, 0.4) is 0 Å². The van der Waals surface area contributed by atoms with E-state index in [1.54, 1.807) is 5.38 Å². The van der Waals surface area contributed by atoms with E-state index in [2.05, 4.69) is 25.6 Å². The number of thiazole rings is 1. The van der Waals surface area contributed by atoms with Crippen LogP contribution in [0.25, 0.3) is 0 Å². The molecule has 9 heteroatoms. The van der Waals surface area contributed by atoms with E-state index in [1.165, 1.54) is 11.3 Å². The quantitative estimate of drug-likeness (QED) is 0.777. The van der Waals surface area contributed by atoms with E-state index in [4.69, 9.17) is 5.73 Å². The summed E-state index contributed by atoms with van der Waals surface area (Å²) in [6.07, 6.45) is 0. The number of sulfonamides is 1. The van der Waals surface area contributed by atoms with Crippen molar-refractivity contribution in [1.82, 2.24) is 4.98 Å². The third kappa shape index (κ3) is 3.53. The Hall–Kier alpha value is -1.19. The average Bonchev–Trinajstić information content (AvgIpc) is 2.81. The first kappa shape index (κ1) is 16.2. The summed E-state index contributed by atoms with van der Waals surface area (Å²) < 4.78 is 40.4. The van der Waals surface area contributed by atoms with Crippen molar-refractivity contribution in [2.24, 2.45) is 0 Å². The van der Waals surface area contributed by atoms with Crippen molar-refractivity contribution in [3.05, 3.63) is 33.5 Å². The van der Waals surface area contributed by atoms with Crippen LogP contribution >= 0.6 is 27.3 Å². The van der Waals surface area contributed by atoms with Gasteiger partial charge in [-0.15, -0.1) is 11.3 Å². The second kappa shape index (κ2) is 5.90. The molecule has 0 spiro atoms. The Bertz CT molecular complexity index is 775. The van der Waals surface area contributed by atoms with Crippen LogP contribution in [0.4, 0.5) is 15.2 Å². The normalized spacial score (nSPS) is 11.9. The summed E-state index contributed by atoms with van der Waals surface area (Å²) in [7, 11) is -3.89. The molecule has 1 heterocycles. The number of nitrogen functional groups attached to an aromatic ring is 1. The number of anilines is 2. The number of rotatable bonds is 4. The van der Waals surface area contributed by atoms with Gasteiger partial charge in [0.1, 0.15) is 10.7 Å². The molecule has 1 aromatic carbocycles. The largest absolute Gasteiger partial charge is 0.396 e. The summed E-state index contributed by atoms with van der Waals surface area (Å²) in [5.41, 5.74) is 5.99. The smallest absolute Gasteiger partial charge is 0.264 e. The van der Waals surface area contributed by atoms with Gasteiger partial charge < -0.3 is 5.73 Å². The highest BCUT2D eigenvalue weighted by molar-refractivity contribution is 9.10. The van der Waals surface area contributed by atoms with Gasteiger partial charge in [0.05, 0.1) is 11.4 Å². The Balaban J connectivity index is 2.36. The van der Waals surface area contributed by atoms with E-state index in [-0.39, 0.29) is 26.1 Å². The van der Waals surface area contributed by atoms with Crippen molar-refractivity contribution in [2.75, 3.05) is 10.5 Å². The Morgan fingerprint density at radius 2 is 2.10 bits per heavy atom. The Morgan fingerprint density at radius 3 is 2.67 bits per heavy atom. The second-order valence-electron chi connectivity index (χ2n) is 4.64. The molecule has 0 fully saturated rings. The molecule has 0 aliphatic rings. The zero-order valence-electron chi connectivity index (χ0n) is 11.2. The molecule has 3 N–H and O–H groups in total. The molecule has 0 unspecified atom stereocenters. The standard InChI is InChI=1S/C12H13BrFN3O2S2/c1-6(2)10-5-20-12(16-10)17-21(18,19)11-4-9(15)8(14)3-7(11)13/h3-6H,15H2,1-2H3,(H,16,17). The van der Waals surface area contributed by atoms with Gasteiger partial charge in [0.15, 0.2) is 5.13 Å². The third-order valence-corrected chi connectivity index (χ3v) is 5.88. The van der Waals surface area contributed by atoms with Gasteiger partial charge in [0.2, 0.25) is 0 Å². The SMILES string of the molecule is CC(C)c1csc(NS(=O)(=O)c2cc(N)c(F)cc2Br)n1. The van der Waals surface area contributed by atoms with Crippen LogP contribution < -0.4 is 10.5 Å². The van der Waals surface area contributed by atoms with Gasteiger partial charge in [-0.3, -0.25) is 4.72 Å². The highest BCUT2D eigenvalue weighted by Gasteiger charge is 2.21. The molecule has 1 aromatic heterocycles. The minimum atomic E-state index is -3.89. The van der Waals surface area contributed by atoms with E-state index < -0.39 is 15.8 Å². The highest BCUT2D eigenvalue weighted by Crippen LogP contribution is 2.29. The van der Waals surface area contributed by atoms with Gasteiger partial charge in [0, 0.05) is 9.85 Å². The molecule has 0 bridgehead atoms. The number of benzene rings is 1. The van der Waals surface area contributed by atoms with Crippen LogP contribution in [0.2, 0.25) is 0 Å². The predicted octanol–water partition coefficient (Wildman–Crippen LogP) is 3.55. The molecule has 0 aliphatic carbocycles. The number of hydrogen-bond donors (Lipinski definition) is 2. The summed E-state index contributed by atoms with van der Waals surface area (Å²) >= 11 is 4.22. The summed E-state index contributed by atoms with van der Waals surface area (Å²) in [5, 5.41) is 2.05. The van der Waals surface area contributed by atoms with Crippen molar-refractivity contribution in [1.29, 1.82) is 0 Å². The number of nitrogens with zero attached hydrogens (tertiary/aromatic N) is 1. The fraction of sp³-hybridized carbons (Fsp3) is 0.250. The summed E-state index contributed by atoms with van der Waals surface area (Å²) in [6.45, 7) is 3.93. The molecule has 114 valence electrons. The molecule has 0 amide bonds. The van der Waals surface area contributed by atoms with Crippen LogP contribution in [0.1, 0.15) is 25.5 Å². The molecule has 0 radical (unpaired) electrons. The molecule has 5 nitrogen and oxygen atoms in total. The van der Waals surface area contributed by atoms with Gasteiger partial charge in [-0.2, -0.15) is 0 Å². The van der Waals surface area contributed by atoms with Crippen molar-refractivity contribution >= 4 is 48.1 Å². The first-order chi connectivity index (χ1) is 9.70. The lowest BCUT2D eigenvalue weighted by molar-refractivity contribution is 0.599. The number of aromatic nitrogens is 1. The minimum Gasteiger partial charge on any atom is -0.396 e. The van der Waals surface area contributed by atoms with Gasteiger partial charge in [-0.1, -0.05) is 13.8 Å². The van der Waals surface area contributed by atoms with E-state index in [0.29, 0.717) is 0 Å². The fourth-order valence-corrected chi connectivity index (χ4v) is 4.69. The highest BCUT2D eigenvalue weighted by atomic mass is 79.9. The summed E-state index contributed by atoms with van der Waals surface area (Å²) in [6, 6.07) is 2.09. The molecule has 0 atom stereocenters. The van der Waals surface area contributed by atoms with E-state index in [1.807, 2.05) is 13.8 Å². The molecular weight excluding hydrogens is 381 g/mol. The van der Waals surface area contributed by atoms with Crippen LogP contribution in [0.5, 0.6) is 0 Å². The summed E-state index contributed by atoms with van der Waals surface area (Å²) in [4.78, 5) is 4.06. The van der Waals surface area contributed by atoms with Gasteiger partial charge >= 0.3 is 0 Å². The lowest BCUT2D eigenvalue weighted by atomic mass is 10.2. The van der Waals surface area contributed by atoms with Crippen LogP contribution in [0, 0.1) is 5.82 Å². The lowest BCUT2D eigenvalue weighted by Crippen LogP contribution is -2.14. The van der Waals surface area contributed by atoms with Gasteiger partial charge in [0.25, 0.3) is 10.0 Å².